The van der Waals surface area contributed by atoms with Gasteiger partial charge < -0.3 is 11.1 Å². The fourth-order valence-electron chi connectivity index (χ4n) is 1.93. The highest BCUT2D eigenvalue weighted by Crippen LogP contribution is 2.20. The van der Waals surface area contributed by atoms with E-state index in [9.17, 15) is 13.2 Å². The van der Waals surface area contributed by atoms with Crippen molar-refractivity contribution in [1.82, 2.24) is 9.88 Å². The first-order valence-electron chi connectivity index (χ1n) is 7.00. The minimum Gasteiger partial charge on any atom is -0.351 e. The van der Waals surface area contributed by atoms with Crippen molar-refractivity contribution in [1.29, 1.82) is 0 Å². The van der Waals surface area contributed by atoms with E-state index in [1.54, 1.807) is 25.1 Å². The molecule has 3 N–H and O–H groups in total. The van der Waals surface area contributed by atoms with Crippen molar-refractivity contribution in [3.05, 3.63) is 48.7 Å². The minimum absolute atomic E-state index is 0.0624. The standard InChI is InChI=1S/C15H16N4O3S2/c1-2-19(14(16)20)15(23)18-13-9-8-12(10-17-13)24(21,22)11-6-4-3-5-7-11/h3-10H,2H2,1H3,(H2,16,20)(H,17,18,23). The number of nitrogens with zero attached hydrogens (tertiary/aromatic N) is 2. The molecule has 2 aromatic rings. The minimum atomic E-state index is -3.63. The molecule has 0 aliphatic heterocycles. The largest absolute Gasteiger partial charge is 0.351 e. The first-order chi connectivity index (χ1) is 11.4. The summed E-state index contributed by atoms with van der Waals surface area (Å²) in [5.74, 6) is 0.312. The van der Waals surface area contributed by atoms with Crippen molar-refractivity contribution in [2.75, 3.05) is 11.9 Å². The molecule has 0 saturated heterocycles. The molecule has 2 amide bonds. The summed E-state index contributed by atoms with van der Waals surface area (Å²) in [7, 11) is -3.63. The molecule has 0 spiro atoms. The predicted octanol–water partition coefficient (Wildman–Crippen LogP) is 2.01. The van der Waals surface area contributed by atoms with Gasteiger partial charge in [0.25, 0.3) is 0 Å². The van der Waals surface area contributed by atoms with Gasteiger partial charge in [0.2, 0.25) is 9.84 Å². The van der Waals surface area contributed by atoms with E-state index >= 15 is 0 Å². The van der Waals surface area contributed by atoms with Crippen LogP contribution in [0.25, 0.3) is 0 Å². The number of sulfone groups is 1. The molecule has 0 bridgehead atoms. The average molecular weight is 364 g/mol. The Labute approximate surface area is 145 Å². The molecule has 126 valence electrons. The number of urea groups is 1. The zero-order chi connectivity index (χ0) is 17.7. The number of benzene rings is 1. The van der Waals surface area contributed by atoms with Gasteiger partial charge in [-0.05, 0) is 43.4 Å². The van der Waals surface area contributed by atoms with Crippen LogP contribution >= 0.6 is 12.2 Å². The smallest absolute Gasteiger partial charge is 0.321 e. The number of thiocarbonyl (C=S) groups is 1. The maximum absolute atomic E-state index is 12.5. The third-order valence-corrected chi connectivity index (χ3v) is 5.24. The van der Waals surface area contributed by atoms with E-state index < -0.39 is 15.9 Å². The van der Waals surface area contributed by atoms with Crippen LogP contribution < -0.4 is 11.1 Å². The summed E-state index contributed by atoms with van der Waals surface area (Å²) in [6, 6.07) is 10.3. The Balaban J connectivity index is 2.20. The molecule has 0 fully saturated rings. The van der Waals surface area contributed by atoms with Gasteiger partial charge in [-0.3, -0.25) is 4.90 Å². The van der Waals surface area contributed by atoms with Gasteiger partial charge in [-0.25, -0.2) is 18.2 Å². The molecule has 0 radical (unpaired) electrons. The van der Waals surface area contributed by atoms with Crippen LogP contribution in [-0.2, 0) is 9.84 Å². The highest BCUT2D eigenvalue weighted by Gasteiger charge is 2.18. The number of nitrogens with one attached hydrogen (secondary N) is 1. The number of anilines is 1. The fraction of sp³-hybridized carbons (Fsp3) is 0.133. The molecule has 0 saturated carbocycles. The maximum Gasteiger partial charge on any atom is 0.321 e. The van der Waals surface area contributed by atoms with Crippen molar-refractivity contribution in [2.45, 2.75) is 16.7 Å². The lowest BCUT2D eigenvalue weighted by Crippen LogP contribution is -2.42. The van der Waals surface area contributed by atoms with E-state index in [0.29, 0.717) is 12.4 Å². The SMILES string of the molecule is CCN(C(N)=O)C(=S)Nc1ccc(S(=O)(=O)c2ccccc2)cn1. The number of amides is 2. The van der Waals surface area contributed by atoms with Crippen molar-refractivity contribution in [2.24, 2.45) is 5.73 Å². The maximum atomic E-state index is 12.5. The first-order valence-corrected chi connectivity index (χ1v) is 8.89. The normalized spacial score (nSPS) is 10.9. The van der Waals surface area contributed by atoms with Crippen LogP contribution in [0.15, 0.2) is 58.5 Å². The quantitative estimate of drug-likeness (QED) is 0.804. The summed E-state index contributed by atoms with van der Waals surface area (Å²) in [6.45, 7) is 2.03. The van der Waals surface area contributed by atoms with Crippen molar-refractivity contribution in [3.63, 3.8) is 0 Å². The summed E-state index contributed by atoms with van der Waals surface area (Å²) in [6.07, 6.45) is 1.23. The molecular weight excluding hydrogens is 348 g/mol. The van der Waals surface area contributed by atoms with Gasteiger partial charge in [0.1, 0.15) is 5.82 Å². The molecule has 1 aromatic heterocycles. The molecule has 1 heterocycles. The molecule has 0 aliphatic rings. The Hall–Kier alpha value is -2.52. The van der Waals surface area contributed by atoms with Gasteiger partial charge >= 0.3 is 6.03 Å². The molecule has 0 atom stereocenters. The number of rotatable bonds is 4. The lowest BCUT2D eigenvalue weighted by atomic mass is 10.4. The van der Waals surface area contributed by atoms with E-state index in [4.69, 9.17) is 18.0 Å². The zero-order valence-corrected chi connectivity index (χ0v) is 14.5. The Kier molecular flexibility index (Phi) is 5.47. The van der Waals surface area contributed by atoms with Crippen LogP contribution in [0.1, 0.15) is 6.92 Å². The number of hydrogen-bond donors (Lipinski definition) is 2. The van der Waals surface area contributed by atoms with Crippen LogP contribution in [0.4, 0.5) is 10.6 Å². The third kappa shape index (κ3) is 3.87. The van der Waals surface area contributed by atoms with Gasteiger partial charge in [0, 0.05) is 12.7 Å². The number of carbonyl (C=O) groups excluding carboxylic acids is 1. The van der Waals surface area contributed by atoms with Gasteiger partial charge in [-0.2, -0.15) is 0 Å². The van der Waals surface area contributed by atoms with E-state index in [2.05, 4.69) is 10.3 Å². The predicted molar refractivity (Wildman–Crippen MR) is 94.3 cm³/mol. The molecule has 7 nitrogen and oxygen atoms in total. The fourth-order valence-corrected chi connectivity index (χ4v) is 3.48. The number of hydrogen-bond acceptors (Lipinski definition) is 5. The second-order valence-electron chi connectivity index (χ2n) is 4.71. The number of pyridine rings is 1. The molecule has 1 aromatic carbocycles. The molecule has 24 heavy (non-hydrogen) atoms. The second-order valence-corrected chi connectivity index (χ2v) is 7.04. The van der Waals surface area contributed by atoms with E-state index in [0.717, 1.165) is 4.90 Å². The van der Waals surface area contributed by atoms with Gasteiger partial charge in [-0.15, -0.1) is 0 Å². The van der Waals surface area contributed by atoms with Crippen molar-refractivity contribution in [3.8, 4) is 0 Å². The van der Waals surface area contributed by atoms with Crippen LogP contribution in [0.3, 0.4) is 0 Å². The summed E-state index contributed by atoms with van der Waals surface area (Å²) >= 11 is 5.07. The Bertz CT molecular complexity index is 837. The number of nitrogens with two attached hydrogens (primary N) is 1. The molecule has 0 unspecified atom stereocenters. The zero-order valence-electron chi connectivity index (χ0n) is 12.8. The van der Waals surface area contributed by atoms with Crippen molar-refractivity contribution < 1.29 is 13.2 Å². The molecule has 2 rings (SSSR count). The van der Waals surface area contributed by atoms with Crippen molar-refractivity contribution >= 4 is 39.0 Å². The van der Waals surface area contributed by atoms with Crippen LogP contribution in [0.5, 0.6) is 0 Å². The summed E-state index contributed by atoms with van der Waals surface area (Å²) in [5.41, 5.74) is 5.21. The lowest BCUT2D eigenvalue weighted by Gasteiger charge is -2.19. The summed E-state index contributed by atoms with van der Waals surface area (Å²) in [4.78, 5) is 16.7. The topological polar surface area (TPSA) is 105 Å². The lowest BCUT2D eigenvalue weighted by molar-refractivity contribution is 0.232. The number of aromatic nitrogens is 1. The number of carbonyl (C=O) groups is 1. The summed E-state index contributed by atoms with van der Waals surface area (Å²) in [5, 5.41) is 2.84. The van der Waals surface area contributed by atoms with Gasteiger partial charge in [0.15, 0.2) is 5.11 Å². The molecular formula is C15H16N4O3S2. The van der Waals surface area contributed by atoms with Crippen LogP contribution in [-0.4, -0.2) is 36.0 Å². The monoisotopic (exact) mass is 364 g/mol. The van der Waals surface area contributed by atoms with E-state index in [-0.39, 0.29) is 14.9 Å². The van der Waals surface area contributed by atoms with E-state index in [1.165, 1.54) is 30.5 Å². The average Bonchev–Trinajstić information content (AvgIpc) is 2.56. The first kappa shape index (κ1) is 17.8. The second kappa shape index (κ2) is 7.37. The van der Waals surface area contributed by atoms with Crippen LogP contribution in [0, 0.1) is 0 Å². The Morgan fingerprint density at radius 3 is 2.38 bits per heavy atom. The highest BCUT2D eigenvalue weighted by atomic mass is 32.2. The summed E-state index contributed by atoms with van der Waals surface area (Å²) < 4.78 is 24.9. The Morgan fingerprint density at radius 2 is 1.88 bits per heavy atom. The van der Waals surface area contributed by atoms with Gasteiger partial charge in [-0.1, -0.05) is 18.2 Å². The highest BCUT2D eigenvalue weighted by molar-refractivity contribution is 7.91. The third-order valence-electron chi connectivity index (χ3n) is 3.16. The van der Waals surface area contributed by atoms with Crippen LogP contribution in [0.2, 0.25) is 0 Å². The Morgan fingerprint density at radius 1 is 1.21 bits per heavy atom. The van der Waals surface area contributed by atoms with E-state index in [1.807, 2.05) is 0 Å². The molecule has 0 aliphatic carbocycles. The molecule has 9 heteroatoms. The number of primary amides is 1. The van der Waals surface area contributed by atoms with Gasteiger partial charge in [0.05, 0.1) is 9.79 Å².